The highest BCUT2D eigenvalue weighted by molar-refractivity contribution is 7.99. The third kappa shape index (κ3) is 4.03. The van der Waals surface area contributed by atoms with Crippen LogP contribution in [0.5, 0.6) is 0 Å². The molecular formula is C21H29N2O2S2+. The number of hydrogen-bond acceptors (Lipinski definition) is 5. The first-order valence-electron chi connectivity index (χ1n) is 10.0. The molecule has 3 fully saturated rings. The van der Waals surface area contributed by atoms with Gasteiger partial charge in [0.2, 0.25) is 5.52 Å². The molecule has 0 spiro atoms. The largest absolute Gasteiger partial charge is 0.469 e. The first-order valence-corrected chi connectivity index (χ1v) is 11.8. The lowest BCUT2D eigenvalue weighted by Crippen LogP contribution is -2.62. The summed E-state index contributed by atoms with van der Waals surface area (Å²) < 4.78 is 6.06. The summed E-state index contributed by atoms with van der Waals surface area (Å²) in [6.07, 6.45) is 9.73. The summed E-state index contributed by atoms with van der Waals surface area (Å²) in [6, 6.07) is 5.21. The first-order chi connectivity index (χ1) is 13.1. The van der Waals surface area contributed by atoms with E-state index in [1.165, 1.54) is 77.7 Å². The van der Waals surface area contributed by atoms with Crippen molar-refractivity contribution in [3.63, 3.8) is 0 Å². The number of H-pyrrole nitrogens is 1. The number of aryl methyl sites for hydroxylation is 1. The Kier molecular flexibility index (Phi) is 5.76. The smallest absolute Gasteiger partial charge is 0.306 e. The van der Waals surface area contributed by atoms with Crippen LogP contribution < -0.4 is 10.3 Å². The van der Waals surface area contributed by atoms with E-state index in [4.69, 9.17) is 4.74 Å². The Hall–Kier alpha value is -1.11. The van der Waals surface area contributed by atoms with E-state index in [2.05, 4.69) is 29.4 Å². The Morgan fingerprint density at radius 1 is 1.37 bits per heavy atom. The predicted octanol–water partition coefficient (Wildman–Crippen LogP) is 4.59. The van der Waals surface area contributed by atoms with Crippen LogP contribution in [0.4, 0.5) is 0 Å². The van der Waals surface area contributed by atoms with Gasteiger partial charge in [-0.1, -0.05) is 37.0 Å². The van der Waals surface area contributed by atoms with E-state index in [0.29, 0.717) is 12.5 Å². The molecule has 1 unspecified atom stereocenters. The Labute approximate surface area is 169 Å². The van der Waals surface area contributed by atoms with Crippen LogP contribution in [-0.4, -0.2) is 24.9 Å². The average molecular weight is 406 g/mol. The van der Waals surface area contributed by atoms with Gasteiger partial charge in [0.1, 0.15) is 10.2 Å². The normalized spacial score (nSPS) is 25.3. The number of thioether (sulfide) groups is 1. The van der Waals surface area contributed by atoms with Crippen LogP contribution in [-0.2, 0) is 15.1 Å². The van der Waals surface area contributed by atoms with Crippen LogP contribution in [0.25, 0.3) is 10.2 Å². The molecule has 2 bridgehead atoms. The highest BCUT2D eigenvalue weighted by Gasteiger charge is 2.50. The van der Waals surface area contributed by atoms with Gasteiger partial charge in [-0.15, -0.1) is 11.8 Å². The van der Waals surface area contributed by atoms with Crippen LogP contribution in [0.1, 0.15) is 61.9 Å². The second kappa shape index (κ2) is 8.10. The molecule has 4 nitrogen and oxygen atoms in total. The van der Waals surface area contributed by atoms with Crippen LogP contribution in [0.15, 0.2) is 17.0 Å². The minimum absolute atomic E-state index is 0.142. The van der Waals surface area contributed by atoms with Crippen molar-refractivity contribution in [3.05, 3.63) is 22.7 Å². The van der Waals surface area contributed by atoms with Gasteiger partial charge in [-0.25, -0.2) is 0 Å². The second-order valence-electron chi connectivity index (χ2n) is 7.92. The number of hydrogen-bond donors (Lipinski definition) is 1. The highest BCUT2D eigenvalue weighted by atomic mass is 32.2. The van der Waals surface area contributed by atoms with Crippen molar-refractivity contribution in [1.82, 2.24) is 5.32 Å². The van der Waals surface area contributed by atoms with Crippen LogP contribution in [0.2, 0.25) is 0 Å². The predicted molar refractivity (Wildman–Crippen MR) is 111 cm³/mol. The molecule has 2 saturated heterocycles. The molecule has 5 rings (SSSR count). The van der Waals surface area contributed by atoms with Crippen molar-refractivity contribution >= 4 is 39.3 Å². The number of ether oxygens (including phenoxy) is 1. The van der Waals surface area contributed by atoms with Crippen LogP contribution >= 0.6 is 23.1 Å². The van der Waals surface area contributed by atoms with Gasteiger partial charge in [0.05, 0.1) is 13.5 Å². The van der Waals surface area contributed by atoms with E-state index in [9.17, 15) is 4.79 Å². The minimum Gasteiger partial charge on any atom is -0.469 e. The summed E-state index contributed by atoms with van der Waals surface area (Å²) in [6.45, 7) is 2.18. The first kappa shape index (κ1) is 19.2. The second-order valence-corrected chi connectivity index (χ2v) is 10.1. The Bertz CT molecular complexity index is 821. The van der Waals surface area contributed by atoms with Gasteiger partial charge in [-0.05, 0) is 38.3 Å². The van der Waals surface area contributed by atoms with Gasteiger partial charge in [-0.3, -0.25) is 10.1 Å². The van der Waals surface area contributed by atoms with Gasteiger partial charge >= 0.3 is 5.97 Å². The van der Waals surface area contributed by atoms with Crippen molar-refractivity contribution in [2.45, 2.75) is 74.8 Å². The zero-order valence-electron chi connectivity index (χ0n) is 16.2. The van der Waals surface area contributed by atoms with Crippen LogP contribution in [0.3, 0.4) is 0 Å². The molecule has 27 heavy (non-hydrogen) atoms. The number of aromatic nitrogens is 1. The van der Waals surface area contributed by atoms with E-state index in [0.717, 1.165) is 5.75 Å². The lowest BCUT2D eigenvalue weighted by molar-refractivity contribution is -0.365. The number of esters is 1. The summed E-state index contributed by atoms with van der Waals surface area (Å²) in [5.74, 6) is 0.615. The quantitative estimate of drug-likeness (QED) is 0.584. The molecule has 3 heterocycles. The maximum Gasteiger partial charge on any atom is 0.306 e. The lowest BCUT2D eigenvalue weighted by Gasteiger charge is -2.45. The maximum atomic E-state index is 11.3. The molecule has 1 aliphatic carbocycles. The number of benzene rings is 1. The molecule has 0 radical (unpaired) electrons. The molecule has 0 amide bonds. The molecule has 3 aliphatic rings. The summed E-state index contributed by atoms with van der Waals surface area (Å²) in [5, 5.41) is 5.32. The SMILES string of the molecule is COC(=O)CCSc1cc(C)c2[nH+]c(C34CCCCCC[C@@H](C3)N4)sc2c1. The Balaban J connectivity index is 1.55. The molecule has 1 aromatic heterocycles. The topological polar surface area (TPSA) is 52.5 Å². The van der Waals surface area contributed by atoms with E-state index >= 15 is 0 Å². The van der Waals surface area contributed by atoms with Crippen molar-refractivity contribution in [2.75, 3.05) is 12.9 Å². The van der Waals surface area contributed by atoms with Gasteiger partial charge < -0.3 is 4.74 Å². The third-order valence-corrected chi connectivity index (χ3v) is 8.16. The molecule has 2 aromatic rings. The van der Waals surface area contributed by atoms with Gasteiger partial charge in [0, 0.05) is 22.3 Å². The molecule has 2 aliphatic heterocycles. The van der Waals surface area contributed by atoms with Crippen molar-refractivity contribution in [1.29, 1.82) is 0 Å². The maximum absolute atomic E-state index is 11.3. The van der Waals surface area contributed by atoms with Gasteiger partial charge in [0.15, 0.2) is 0 Å². The van der Waals surface area contributed by atoms with E-state index in [1.807, 2.05) is 11.3 Å². The van der Waals surface area contributed by atoms with E-state index in [-0.39, 0.29) is 11.5 Å². The number of carbonyl (C=O) groups is 1. The monoisotopic (exact) mass is 405 g/mol. The summed E-state index contributed by atoms with van der Waals surface area (Å²) in [4.78, 5) is 16.3. The molecule has 2 N–H and O–H groups in total. The van der Waals surface area contributed by atoms with Crippen molar-refractivity contribution < 1.29 is 14.5 Å². The summed E-state index contributed by atoms with van der Waals surface area (Å²) in [5.41, 5.74) is 2.72. The van der Waals surface area contributed by atoms with E-state index < -0.39 is 0 Å². The minimum atomic E-state index is -0.142. The zero-order valence-corrected chi connectivity index (χ0v) is 17.9. The third-order valence-electron chi connectivity index (χ3n) is 5.94. The van der Waals surface area contributed by atoms with Crippen LogP contribution in [0, 0.1) is 6.92 Å². The number of nitrogens with one attached hydrogen (secondary N) is 2. The number of aromatic amines is 1. The van der Waals surface area contributed by atoms with Crippen molar-refractivity contribution in [3.8, 4) is 0 Å². The molecule has 146 valence electrons. The Morgan fingerprint density at radius 3 is 3.00 bits per heavy atom. The number of rotatable bonds is 5. The Morgan fingerprint density at radius 2 is 2.19 bits per heavy atom. The molecule has 1 aromatic carbocycles. The zero-order chi connectivity index (χ0) is 18.9. The molecule has 2 atom stereocenters. The molecular weight excluding hydrogens is 376 g/mol. The number of carbonyl (C=O) groups excluding carboxylic acids is 1. The van der Waals surface area contributed by atoms with Gasteiger partial charge in [-0.2, -0.15) is 4.98 Å². The molecule has 6 heteroatoms. The van der Waals surface area contributed by atoms with Crippen molar-refractivity contribution in [2.24, 2.45) is 0 Å². The highest BCUT2D eigenvalue weighted by Crippen LogP contribution is 2.44. The lowest BCUT2D eigenvalue weighted by atomic mass is 9.77. The number of fused-ring (bicyclic) bond motifs is 6. The number of methoxy groups -OCH3 is 1. The average Bonchev–Trinajstić information content (AvgIpc) is 3.11. The fourth-order valence-corrected chi connectivity index (χ4v) is 6.80. The summed E-state index contributed by atoms with van der Waals surface area (Å²) >= 11 is 3.65. The fourth-order valence-electron chi connectivity index (χ4n) is 4.45. The van der Waals surface area contributed by atoms with E-state index in [1.54, 1.807) is 11.8 Å². The fraction of sp³-hybridized carbons (Fsp3) is 0.619. The standard InChI is InChI=1S/C21H28N2O2S2/c1-14-11-16(26-10-8-18(24)25-2)12-17-19(14)22-20(27-17)21-9-6-4-3-5-7-15(13-21)23-21/h11-12,15,23H,3-10,13H2,1-2H3/p+1/t15-,21?/m0/s1. The van der Waals surface area contributed by atoms with Gasteiger partial charge in [0.25, 0.3) is 5.01 Å². The molecule has 1 saturated carbocycles. The number of thiazole rings is 1. The summed E-state index contributed by atoms with van der Waals surface area (Å²) in [7, 11) is 1.45.